The highest BCUT2D eigenvalue weighted by atomic mass is 79.9. The molecule has 6 heteroatoms. The van der Waals surface area contributed by atoms with Crippen molar-refractivity contribution in [1.82, 2.24) is 9.78 Å². The second-order valence-electron chi connectivity index (χ2n) is 3.01. The van der Waals surface area contributed by atoms with Crippen LogP contribution in [0.15, 0.2) is 4.47 Å². The molecule has 0 saturated heterocycles. The summed E-state index contributed by atoms with van der Waals surface area (Å²) >= 11 is 3.33. The summed E-state index contributed by atoms with van der Waals surface area (Å²) in [6.45, 7) is 1.74. The summed E-state index contributed by atoms with van der Waals surface area (Å²) < 4.78 is 7.08. The molecule has 0 atom stereocenters. The number of aromatic nitrogens is 2. The van der Waals surface area contributed by atoms with Gasteiger partial charge in [-0.25, -0.2) is 9.48 Å². The molecule has 76 valence electrons. The summed E-state index contributed by atoms with van der Waals surface area (Å²) in [6.07, 6.45) is 1.02. The molecular formula is C8H10BrN3O2. The van der Waals surface area contributed by atoms with Gasteiger partial charge in [0.15, 0.2) is 5.69 Å². The number of aryl methyl sites for hydroxylation is 1. The van der Waals surface area contributed by atoms with Crippen molar-refractivity contribution in [2.75, 3.05) is 19.0 Å². The number of hydrogen-bond acceptors (Lipinski definition) is 4. The van der Waals surface area contributed by atoms with E-state index in [0.29, 0.717) is 10.2 Å². The molecule has 1 aliphatic heterocycles. The second kappa shape index (κ2) is 3.61. The van der Waals surface area contributed by atoms with Gasteiger partial charge >= 0.3 is 5.97 Å². The van der Waals surface area contributed by atoms with E-state index < -0.39 is 5.97 Å². The van der Waals surface area contributed by atoms with Crippen LogP contribution in [-0.4, -0.2) is 29.4 Å². The van der Waals surface area contributed by atoms with Gasteiger partial charge in [-0.15, -0.1) is 0 Å². The van der Waals surface area contributed by atoms with Gasteiger partial charge < -0.3 is 10.1 Å². The van der Waals surface area contributed by atoms with Gasteiger partial charge in [0, 0.05) is 13.1 Å². The van der Waals surface area contributed by atoms with Crippen LogP contribution in [0.3, 0.4) is 0 Å². The molecule has 1 aromatic rings. The summed E-state index contributed by atoms with van der Waals surface area (Å²) in [7, 11) is 1.35. The van der Waals surface area contributed by atoms with Crippen LogP contribution in [0.2, 0.25) is 0 Å². The van der Waals surface area contributed by atoms with Gasteiger partial charge in [0.25, 0.3) is 0 Å². The molecule has 1 N–H and O–H groups in total. The fourth-order valence-corrected chi connectivity index (χ4v) is 2.02. The van der Waals surface area contributed by atoms with Gasteiger partial charge in [0.1, 0.15) is 5.82 Å². The molecule has 0 aliphatic carbocycles. The zero-order valence-corrected chi connectivity index (χ0v) is 9.30. The number of ether oxygens (including phenoxy) is 1. The third kappa shape index (κ3) is 1.39. The Kier molecular flexibility index (Phi) is 2.45. The molecule has 0 bridgehead atoms. The van der Waals surface area contributed by atoms with E-state index in [0.717, 1.165) is 25.3 Å². The lowest BCUT2D eigenvalue weighted by atomic mass is 10.3. The van der Waals surface area contributed by atoms with Crippen LogP contribution in [0.25, 0.3) is 0 Å². The molecule has 0 saturated carbocycles. The number of halogens is 1. The van der Waals surface area contributed by atoms with E-state index in [1.165, 1.54) is 7.11 Å². The van der Waals surface area contributed by atoms with Gasteiger partial charge in [-0.2, -0.15) is 5.10 Å². The molecule has 14 heavy (non-hydrogen) atoms. The largest absolute Gasteiger partial charge is 0.464 e. The molecule has 1 aliphatic rings. The molecule has 0 spiro atoms. The lowest BCUT2D eigenvalue weighted by molar-refractivity contribution is 0.0592. The van der Waals surface area contributed by atoms with Gasteiger partial charge in [-0.3, -0.25) is 0 Å². The van der Waals surface area contributed by atoms with Crippen LogP contribution >= 0.6 is 15.9 Å². The van der Waals surface area contributed by atoms with Crippen molar-refractivity contribution in [1.29, 1.82) is 0 Å². The number of fused-ring (bicyclic) bond motifs is 1. The molecule has 1 aromatic heterocycles. The van der Waals surface area contributed by atoms with Crippen molar-refractivity contribution < 1.29 is 9.53 Å². The predicted octanol–water partition coefficient (Wildman–Crippen LogP) is 1.25. The van der Waals surface area contributed by atoms with Gasteiger partial charge in [0.2, 0.25) is 0 Å². The number of methoxy groups -OCH3 is 1. The van der Waals surface area contributed by atoms with E-state index in [4.69, 9.17) is 0 Å². The highest BCUT2D eigenvalue weighted by Crippen LogP contribution is 2.28. The third-order valence-electron chi connectivity index (χ3n) is 2.11. The van der Waals surface area contributed by atoms with Crippen molar-refractivity contribution >= 4 is 27.7 Å². The number of esters is 1. The smallest absolute Gasteiger partial charge is 0.359 e. The standard InChI is InChI=1S/C8H10BrN3O2/c1-14-8(13)6-5(9)7-10-3-2-4-12(7)11-6/h10H,2-4H2,1H3. The zero-order valence-electron chi connectivity index (χ0n) is 7.71. The number of hydrogen-bond donors (Lipinski definition) is 1. The Morgan fingerprint density at radius 1 is 1.71 bits per heavy atom. The first-order chi connectivity index (χ1) is 6.74. The molecule has 5 nitrogen and oxygen atoms in total. The fraction of sp³-hybridized carbons (Fsp3) is 0.500. The van der Waals surface area contributed by atoms with Crippen molar-refractivity contribution in [3.05, 3.63) is 10.2 Å². The van der Waals surface area contributed by atoms with E-state index in [1.807, 2.05) is 0 Å². The highest BCUT2D eigenvalue weighted by Gasteiger charge is 2.23. The van der Waals surface area contributed by atoms with Gasteiger partial charge in [-0.1, -0.05) is 0 Å². The minimum absolute atomic E-state index is 0.330. The Labute approximate surface area is 89.5 Å². The summed E-state index contributed by atoms with van der Waals surface area (Å²) in [5.74, 6) is 0.442. The fourth-order valence-electron chi connectivity index (χ4n) is 1.43. The summed E-state index contributed by atoms with van der Waals surface area (Å²) in [5.41, 5.74) is 0.330. The average molecular weight is 260 g/mol. The number of carbonyl (C=O) groups excluding carboxylic acids is 1. The van der Waals surface area contributed by atoms with Crippen LogP contribution in [0.5, 0.6) is 0 Å². The molecule has 0 amide bonds. The summed E-state index contributed by atoms with van der Waals surface area (Å²) in [4.78, 5) is 11.3. The third-order valence-corrected chi connectivity index (χ3v) is 2.86. The van der Waals surface area contributed by atoms with Crippen molar-refractivity contribution in [3.63, 3.8) is 0 Å². The van der Waals surface area contributed by atoms with E-state index in [9.17, 15) is 4.79 Å². The number of rotatable bonds is 1. The Morgan fingerprint density at radius 2 is 2.50 bits per heavy atom. The summed E-state index contributed by atoms with van der Waals surface area (Å²) in [6, 6.07) is 0. The Morgan fingerprint density at radius 3 is 3.14 bits per heavy atom. The van der Waals surface area contributed by atoms with Crippen LogP contribution in [0, 0.1) is 0 Å². The summed E-state index contributed by atoms with van der Waals surface area (Å²) in [5, 5.41) is 7.33. The first-order valence-electron chi connectivity index (χ1n) is 4.32. The van der Waals surface area contributed by atoms with Crippen LogP contribution in [-0.2, 0) is 11.3 Å². The minimum Gasteiger partial charge on any atom is -0.464 e. The van der Waals surface area contributed by atoms with Crippen LogP contribution in [0.4, 0.5) is 5.82 Å². The minimum atomic E-state index is -0.416. The lowest BCUT2D eigenvalue weighted by Crippen LogP contribution is -2.17. The Bertz CT molecular complexity index is 375. The zero-order chi connectivity index (χ0) is 10.1. The van der Waals surface area contributed by atoms with Crippen molar-refractivity contribution in [3.8, 4) is 0 Å². The molecule has 2 rings (SSSR count). The molecule has 0 unspecified atom stereocenters. The van der Waals surface area contributed by atoms with Crippen LogP contribution in [0.1, 0.15) is 16.9 Å². The number of nitrogens with one attached hydrogen (secondary N) is 1. The van der Waals surface area contributed by atoms with Gasteiger partial charge in [0.05, 0.1) is 11.6 Å². The number of anilines is 1. The van der Waals surface area contributed by atoms with E-state index in [1.54, 1.807) is 4.68 Å². The topological polar surface area (TPSA) is 56.1 Å². The van der Waals surface area contributed by atoms with Crippen molar-refractivity contribution in [2.45, 2.75) is 13.0 Å². The van der Waals surface area contributed by atoms with Gasteiger partial charge in [-0.05, 0) is 22.4 Å². The molecule has 0 aromatic carbocycles. The van der Waals surface area contributed by atoms with Crippen molar-refractivity contribution in [2.24, 2.45) is 0 Å². The maximum absolute atomic E-state index is 11.3. The first kappa shape index (κ1) is 9.51. The van der Waals surface area contributed by atoms with E-state index in [2.05, 4.69) is 31.1 Å². The molecular weight excluding hydrogens is 250 g/mol. The van der Waals surface area contributed by atoms with Crippen LogP contribution < -0.4 is 5.32 Å². The maximum atomic E-state index is 11.3. The maximum Gasteiger partial charge on any atom is 0.359 e. The number of nitrogens with zero attached hydrogens (tertiary/aromatic N) is 2. The Hall–Kier alpha value is -1.04. The second-order valence-corrected chi connectivity index (χ2v) is 3.80. The molecule has 0 fully saturated rings. The first-order valence-corrected chi connectivity index (χ1v) is 5.12. The highest BCUT2D eigenvalue weighted by molar-refractivity contribution is 9.10. The van der Waals surface area contributed by atoms with E-state index >= 15 is 0 Å². The lowest BCUT2D eigenvalue weighted by Gasteiger charge is -2.15. The molecule has 0 radical (unpaired) electrons. The van der Waals surface area contributed by atoms with E-state index in [-0.39, 0.29) is 0 Å². The monoisotopic (exact) mass is 259 g/mol. The molecule has 2 heterocycles. The number of carbonyl (C=O) groups is 1. The quantitative estimate of drug-likeness (QED) is 0.772. The predicted molar refractivity (Wildman–Crippen MR) is 54.4 cm³/mol. The average Bonchev–Trinajstić information content (AvgIpc) is 2.56. The normalized spacial score (nSPS) is 14.4. The Balaban J connectivity index is 2.43. The SMILES string of the molecule is COC(=O)c1nn2c(c1Br)NCCC2.